The fourth-order valence-electron chi connectivity index (χ4n) is 2.32. The smallest absolute Gasteiger partial charge is 0.256 e. The number of anilines is 1. The van der Waals surface area contributed by atoms with Crippen LogP contribution in [0.1, 0.15) is 21.5 Å². The van der Waals surface area contributed by atoms with Crippen molar-refractivity contribution in [1.29, 1.82) is 0 Å². The first-order valence-electron chi connectivity index (χ1n) is 7.51. The predicted molar refractivity (Wildman–Crippen MR) is 89.3 cm³/mol. The van der Waals surface area contributed by atoms with Crippen LogP contribution in [0.2, 0.25) is 0 Å². The minimum atomic E-state index is -0.145. The number of rotatable bonds is 5. The molecule has 5 nitrogen and oxygen atoms in total. The number of aryl methyl sites for hydroxylation is 3. The zero-order chi connectivity index (χ0) is 16.1. The number of nitrogens with one attached hydrogen (secondary N) is 1. The van der Waals surface area contributed by atoms with Crippen molar-refractivity contribution in [3.63, 3.8) is 0 Å². The highest BCUT2D eigenvalue weighted by atomic mass is 16.1. The Morgan fingerprint density at radius 2 is 2.00 bits per heavy atom. The van der Waals surface area contributed by atoms with Crippen molar-refractivity contribution in [2.24, 2.45) is 0 Å². The lowest BCUT2D eigenvalue weighted by molar-refractivity contribution is 0.102. The molecule has 2 heterocycles. The number of pyridine rings is 1. The molecular formula is C18H18N4O. The van der Waals surface area contributed by atoms with Crippen molar-refractivity contribution in [1.82, 2.24) is 14.8 Å². The molecule has 1 amide bonds. The second-order valence-corrected chi connectivity index (χ2v) is 5.39. The highest BCUT2D eigenvalue weighted by Crippen LogP contribution is 2.09. The van der Waals surface area contributed by atoms with Gasteiger partial charge in [0.05, 0.1) is 0 Å². The Hall–Kier alpha value is -2.95. The summed E-state index contributed by atoms with van der Waals surface area (Å²) >= 11 is 0. The second kappa shape index (κ2) is 6.87. The van der Waals surface area contributed by atoms with Crippen LogP contribution in [0.25, 0.3) is 0 Å². The molecule has 0 atom stereocenters. The Balaban J connectivity index is 1.60. The third-order valence-corrected chi connectivity index (χ3v) is 3.54. The summed E-state index contributed by atoms with van der Waals surface area (Å²) in [4.78, 5) is 16.2. The van der Waals surface area contributed by atoms with Gasteiger partial charge in [0.15, 0.2) is 5.82 Å². The van der Waals surface area contributed by atoms with Crippen molar-refractivity contribution in [2.45, 2.75) is 19.9 Å². The maximum absolute atomic E-state index is 12.2. The summed E-state index contributed by atoms with van der Waals surface area (Å²) in [5, 5.41) is 7.21. The molecule has 0 unspecified atom stereocenters. The number of hydrogen-bond acceptors (Lipinski definition) is 3. The molecule has 0 saturated heterocycles. The Bertz CT molecular complexity index is 796. The monoisotopic (exact) mass is 306 g/mol. The van der Waals surface area contributed by atoms with Crippen LogP contribution in [0.5, 0.6) is 0 Å². The lowest BCUT2D eigenvalue weighted by atomic mass is 10.1. The van der Waals surface area contributed by atoms with Crippen molar-refractivity contribution >= 4 is 11.7 Å². The third kappa shape index (κ3) is 4.03. The van der Waals surface area contributed by atoms with Gasteiger partial charge in [-0.05, 0) is 43.2 Å². The minimum Gasteiger partial charge on any atom is -0.305 e. The van der Waals surface area contributed by atoms with Crippen LogP contribution < -0.4 is 5.32 Å². The Morgan fingerprint density at radius 3 is 2.78 bits per heavy atom. The summed E-state index contributed by atoms with van der Waals surface area (Å²) in [5.41, 5.74) is 2.90. The number of nitrogens with zero attached hydrogens (tertiary/aromatic N) is 3. The van der Waals surface area contributed by atoms with E-state index in [0.29, 0.717) is 11.4 Å². The summed E-state index contributed by atoms with van der Waals surface area (Å²) in [6.07, 6.45) is 6.31. The van der Waals surface area contributed by atoms with E-state index in [1.54, 1.807) is 24.5 Å². The number of amides is 1. The molecule has 1 N–H and O–H groups in total. The second-order valence-electron chi connectivity index (χ2n) is 5.39. The Kier molecular flexibility index (Phi) is 4.47. The Morgan fingerprint density at radius 1 is 1.17 bits per heavy atom. The highest BCUT2D eigenvalue weighted by Gasteiger charge is 2.08. The summed E-state index contributed by atoms with van der Waals surface area (Å²) in [6.45, 7) is 2.72. The van der Waals surface area contributed by atoms with E-state index in [0.717, 1.165) is 18.5 Å². The van der Waals surface area contributed by atoms with Crippen LogP contribution in [0.15, 0.2) is 61.1 Å². The normalized spacial score (nSPS) is 10.5. The molecule has 2 aromatic heterocycles. The SMILES string of the molecule is Cc1cccc(C(=O)Nc2ccn(CCc3ccncc3)n2)c1. The average Bonchev–Trinajstić information content (AvgIpc) is 3.01. The molecule has 0 bridgehead atoms. The van der Waals surface area contributed by atoms with Gasteiger partial charge < -0.3 is 5.32 Å². The van der Waals surface area contributed by atoms with Crippen molar-refractivity contribution in [3.8, 4) is 0 Å². The van der Waals surface area contributed by atoms with Crippen LogP contribution in [-0.2, 0) is 13.0 Å². The van der Waals surface area contributed by atoms with Gasteiger partial charge in [-0.2, -0.15) is 5.10 Å². The fraction of sp³-hybridized carbons (Fsp3) is 0.167. The molecule has 116 valence electrons. The van der Waals surface area contributed by atoms with Gasteiger partial charge in [-0.15, -0.1) is 0 Å². The zero-order valence-electron chi connectivity index (χ0n) is 12.9. The molecular weight excluding hydrogens is 288 g/mol. The number of hydrogen-bond donors (Lipinski definition) is 1. The highest BCUT2D eigenvalue weighted by molar-refractivity contribution is 6.03. The maximum Gasteiger partial charge on any atom is 0.256 e. The van der Waals surface area contributed by atoms with E-state index in [1.807, 2.05) is 48.1 Å². The van der Waals surface area contributed by atoms with E-state index in [9.17, 15) is 4.79 Å². The largest absolute Gasteiger partial charge is 0.305 e. The van der Waals surface area contributed by atoms with Crippen LogP contribution in [0.4, 0.5) is 5.82 Å². The Labute approximate surface area is 135 Å². The van der Waals surface area contributed by atoms with E-state index in [-0.39, 0.29) is 5.91 Å². The third-order valence-electron chi connectivity index (χ3n) is 3.54. The first kappa shape index (κ1) is 15.0. The average molecular weight is 306 g/mol. The van der Waals surface area contributed by atoms with E-state index < -0.39 is 0 Å². The van der Waals surface area contributed by atoms with E-state index in [2.05, 4.69) is 15.4 Å². The summed E-state index contributed by atoms with van der Waals surface area (Å²) in [7, 11) is 0. The summed E-state index contributed by atoms with van der Waals surface area (Å²) < 4.78 is 1.83. The predicted octanol–water partition coefficient (Wildman–Crippen LogP) is 3.08. The molecule has 23 heavy (non-hydrogen) atoms. The summed E-state index contributed by atoms with van der Waals surface area (Å²) in [5.74, 6) is 0.416. The maximum atomic E-state index is 12.2. The van der Waals surface area contributed by atoms with Crippen LogP contribution >= 0.6 is 0 Å². The number of benzene rings is 1. The first-order valence-corrected chi connectivity index (χ1v) is 7.51. The minimum absolute atomic E-state index is 0.145. The van der Waals surface area contributed by atoms with Gasteiger partial charge in [0, 0.05) is 36.8 Å². The molecule has 0 spiro atoms. The van der Waals surface area contributed by atoms with Crippen LogP contribution in [0, 0.1) is 6.92 Å². The van der Waals surface area contributed by atoms with Gasteiger partial charge in [0.1, 0.15) is 0 Å². The molecule has 0 aliphatic carbocycles. The topological polar surface area (TPSA) is 59.8 Å². The first-order chi connectivity index (χ1) is 11.2. The van der Waals surface area contributed by atoms with Gasteiger partial charge in [0.25, 0.3) is 5.91 Å². The molecule has 0 radical (unpaired) electrons. The lowest BCUT2D eigenvalue weighted by Gasteiger charge is -2.04. The van der Waals surface area contributed by atoms with Gasteiger partial charge in [0.2, 0.25) is 0 Å². The van der Waals surface area contributed by atoms with Gasteiger partial charge >= 0.3 is 0 Å². The molecule has 3 rings (SSSR count). The molecule has 1 aromatic carbocycles. The molecule has 0 aliphatic heterocycles. The standard InChI is InChI=1S/C18H18N4O/c1-14-3-2-4-16(13-14)18(23)20-17-8-12-22(21-17)11-7-15-5-9-19-10-6-15/h2-6,8-10,12-13H,7,11H2,1H3,(H,20,21,23). The number of carbonyl (C=O) groups excluding carboxylic acids is 1. The number of carbonyl (C=O) groups is 1. The van der Waals surface area contributed by atoms with E-state index in [4.69, 9.17) is 0 Å². The fourth-order valence-corrected chi connectivity index (χ4v) is 2.32. The van der Waals surface area contributed by atoms with Crippen molar-refractivity contribution < 1.29 is 4.79 Å². The molecule has 3 aromatic rings. The molecule has 0 fully saturated rings. The van der Waals surface area contributed by atoms with Crippen molar-refractivity contribution in [2.75, 3.05) is 5.32 Å². The molecule has 0 aliphatic rings. The van der Waals surface area contributed by atoms with Crippen molar-refractivity contribution in [3.05, 3.63) is 77.7 Å². The van der Waals surface area contributed by atoms with E-state index in [1.165, 1.54) is 5.56 Å². The van der Waals surface area contributed by atoms with Gasteiger partial charge in [-0.3, -0.25) is 14.5 Å². The van der Waals surface area contributed by atoms with Gasteiger partial charge in [-0.25, -0.2) is 0 Å². The van der Waals surface area contributed by atoms with Crippen LogP contribution in [-0.4, -0.2) is 20.7 Å². The van der Waals surface area contributed by atoms with Crippen LogP contribution in [0.3, 0.4) is 0 Å². The zero-order valence-corrected chi connectivity index (χ0v) is 12.9. The molecule has 5 heteroatoms. The van der Waals surface area contributed by atoms with Gasteiger partial charge in [-0.1, -0.05) is 17.7 Å². The summed E-state index contributed by atoms with van der Waals surface area (Å²) in [6, 6.07) is 13.3. The van der Waals surface area contributed by atoms with E-state index >= 15 is 0 Å². The number of aromatic nitrogens is 3. The quantitative estimate of drug-likeness (QED) is 0.788. The lowest BCUT2D eigenvalue weighted by Crippen LogP contribution is -2.13. The molecule has 0 saturated carbocycles.